The van der Waals surface area contributed by atoms with Crippen LogP contribution in [0.3, 0.4) is 0 Å². The second kappa shape index (κ2) is 6.60. The van der Waals surface area contributed by atoms with Gasteiger partial charge in [-0.3, -0.25) is 0 Å². The summed E-state index contributed by atoms with van der Waals surface area (Å²) in [5.74, 6) is 1.03. The molecule has 3 nitrogen and oxygen atoms in total. The lowest BCUT2D eigenvalue weighted by molar-refractivity contribution is 0.173. The van der Waals surface area contributed by atoms with Gasteiger partial charge in [-0.2, -0.15) is 0 Å². The van der Waals surface area contributed by atoms with Crippen LogP contribution in [0.2, 0.25) is 0 Å². The van der Waals surface area contributed by atoms with E-state index in [2.05, 4.69) is 6.92 Å². The molecule has 0 amide bonds. The molecule has 0 aromatic rings. The number of aliphatic hydroxyl groups is 1. The monoisotopic (exact) mass is 248 g/mol. The highest BCUT2D eigenvalue weighted by Crippen LogP contribution is 2.29. The molecule has 2 unspecified atom stereocenters. The first kappa shape index (κ1) is 14.0. The van der Waals surface area contributed by atoms with Crippen LogP contribution in [0.4, 0.5) is 0 Å². The van der Waals surface area contributed by atoms with Crippen molar-refractivity contribution in [3.63, 3.8) is 0 Å². The second-order valence-corrected chi connectivity index (χ2v) is 7.18. The van der Waals surface area contributed by atoms with E-state index in [1.807, 2.05) is 0 Å². The molecular formula is C12H24O3S. The molecule has 1 fully saturated rings. The minimum Gasteiger partial charge on any atom is -0.396 e. The molecule has 96 valence electrons. The maximum Gasteiger partial charge on any atom is 0.150 e. The fourth-order valence-electron chi connectivity index (χ4n) is 2.50. The zero-order valence-corrected chi connectivity index (χ0v) is 11.0. The van der Waals surface area contributed by atoms with Crippen LogP contribution in [0.5, 0.6) is 0 Å². The van der Waals surface area contributed by atoms with Crippen molar-refractivity contribution < 1.29 is 13.5 Å². The summed E-state index contributed by atoms with van der Waals surface area (Å²) >= 11 is 0. The lowest BCUT2D eigenvalue weighted by Crippen LogP contribution is -2.20. The van der Waals surface area contributed by atoms with Gasteiger partial charge in [-0.25, -0.2) is 8.42 Å². The van der Waals surface area contributed by atoms with Gasteiger partial charge in [0.2, 0.25) is 0 Å². The Morgan fingerprint density at radius 1 is 1.31 bits per heavy atom. The van der Waals surface area contributed by atoms with E-state index in [0.29, 0.717) is 11.5 Å². The average molecular weight is 248 g/mol. The number of hydrogen-bond acceptors (Lipinski definition) is 3. The first-order chi connectivity index (χ1) is 7.59. The highest BCUT2D eigenvalue weighted by molar-refractivity contribution is 7.91. The largest absolute Gasteiger partial charge is 0.396 e. The first-order valence-electron chi connectivity index (χ1n) is 6.40. The molecule has 0 bridgehead atoms. The summed E-state index contributed by atoms with van der Waals surface area (Å²) in [5.41, 5.74) is 0. The van der Waals surface area contributed by atoms with Crippen molar-refractivity contribution in [3.8, 4) is 0 Å². The van der Waals surface area contributed by atoms with E-state index in [9.17, 15) is 13.5 Å². The van der Waals surface area contributed by atoms with E-state index < -0.39 is 9.84 Å². The highest BCUT2D eigenvalue weighted by Gasteiger charge is 2.32. The summed E-state index contributed by atoms with van der Waals surface area (Å²) in [6.07, 6.45) is 6.50. The van der Waals surface area contributed by atoms with Gasteiger partial charge >= 0.3 is 0 Å². The third-order valence-electron chi connectivity index (χ3n) is 3.60. The van der Waals surface area contributed by atoms with Crippen LogP contribution in [-0.4, -0.2) is 31.6 Å². The van der Waals surface area contributed by atoms with Gasteiger partial charge in [-0.15, -0.1) is 0 Å². The topological polar surface area (TPSA) is 54.4 Å². The van der Waals surface area contributed by atoms with Gasteiger partial charge in [-0.05, 0) is 24.7 Å². The predicted octanol–water partition coefficient (Wildman–Crippen LogP) is 2.00. The Kier molecular flexibility index (Phi) is 5.76. The summed E-state index contributed by atoms with van der Waals surface area (Å²) in [6.45, 7) is 2.32. The van der Waals surface area contributed by atoms with Crippen molar-refractivity contribution in [1.29, 1.82) is 0 Å². The molecule has 1 N–H and O–H groups in total. The van der Waals surface area contributed by atoms with Gasteiger partial charge in [-0.1, -0.05) is 32.6 Å². The van der Waals surface area contributed by atoms with Crippen molar-refractivity contribution in [2.75, 3.05) is 18.1 Å². The van der Waals surface area contributed by atoms with Crippen molar-refractivity contribution in [2.45, 2.75) is 45.4 Å². The van der Waals surface area contributed by atoms with E-state index in [-0.39, 0.29) is 18.4 Å². The molecule has 1 aliphatic rings. The zero-order valence-electron chi connectivity index (χ0n) is 10.2. The molecule has 0 spiro atoms. The third-order valence-corrected chi connectivity index (χ3v) is 5.39. The summed E-state index contributed by atoms with van der Waals surface area (Å²) in [7, 11) is -2.80. The zero-order chi connectivity index (χ0) is 12.0. The average Bonchev–Trinajstić information content (AvgIpc) is 2.59. The fraction of sp³-hybridized carbons (Fsp3) is 1.00. The maximum absolute atomic E-state index is 11.4. The molecule has 4 heteroatoms. The van der Waals surface area contributed by atoms with Crippen molar-refractivity contribution in [1.82, 2.24) is 0 Å². The molecule has 2 atom stereocenters. The summed E-state index contributed by atoms with van der Waals surface area (Å²) < 4.78 is 22.7. The van der Waals surface area contributed by atoms with Gasteiger partial charge in [0, 0.05) is 6.61 Å². The van der Waals surface area contributed by atoms with Gasteiger partial charge in [0.05, 0.1) is 11.5 Å². The van der Waals surface area contributed by atoms with E-state index in [1.165, 1.54) is 19.3 Å². The molecule has 0 aromatic carbocycles. The Labute approximate surface area is 99.2 Å². The fourth-order valence-corrected chi connectivity index (χ4v) is 4.42. The minimum absolute atomic E-state index is 0.145. The van der Waals surface area contributed by atoms with Crippen LogP contribution in [0, 0.1) is 11.8 Å². The normalized spacial score (nSPS) is 25.8. The number of hydrogen-bond donors (Lipinski definition) is 1. The molecule has 0 aromatic heterocycles. The van der Waals surface area contributed by atoms with Gasteiger partial charge in [0.15, 0.2) is 9.84 Å². The third kappa shape index (κ3) is 4.42. The quantitative estimate of drug-likeness (QED) is 0.701. The molecule has 0 radical (unpaired) electrons. The molecule has 1 aliphatic heterocycles. The van der Waals surface area contributed by atoms with Crippen molar-refractivity contribution in [2.24, 2.45) is 11.8 Å². The van der Waals surface area contributed by atoms with Crippen molar-refractivity contribution >= 4 is 9.84 Å². The highest BCUT2D eigenvalue weighted by atomic mass is 32.2. The SMILES string of the molecule is CCCCCCC(CO)C1CCS(=O)(=O)C1. The minimum atomic E-state index is -2.80. The summed E-state index contributed by atoms with van der Waals surface area (Å²) in [6, 6.07) is 0. The molecule has 16 heavy (non-hydrogen) atoms. The molecule has 1 saturated heterocycles. The molecule has 0 aliphatic carbocycles. The Morgan fingerprint density at radius 2 is 2.06 bits per heavy atom. The van der Waals surface area contributed by atoms with Crippen LogP contribution < -0.4 is 0 Å². The molecule has 0 saturated carbocycles. The van der Waals surface area contributed by atoms with E-state index >= 15 is 0 Å². The predicted molar refractivity (Wildman–Crippen MR) is 66.1 cm³/mol. The number of unbranched alkanes of at least 4 members (excludes halogenated alkanes) is 3. The van der Waals surface area contributed by atoms with Gasteiger partial charge < -0.3 is 5.11 Å². The van der Waals surface area contributed by atoms with Gasteiger partial charge in [0.1, 0.15) is 0 Å². The number of aliphatic hydroxyl groups excluding tert-OH is 1. The Bertz CT molecular complexity index is 285. The smallest absolute Gasteiger partial charge is 0.150 e. The van der Waals surface area contributed by atoms with Crippen LogP contribution >= 0.6 is 0 Å². The summed E-state index contributed by atoms with van der Waals surface area (Å²) in [4.78, 5) is 0. The Balaban J connectivity index is 2.31. The number of sulfone groups is 1. The first-order valence-corrected chi connectivity index (χ1v) is 8.22. The van der Waals surface area contributed by atoms with E-state index in [0.717, 1.165) is 19.3 Å². The second-order valence-electron chi connectivity index (χ2n) is 4.96. The summed E-state index contributed by atoms with van der Waals surface area (Å²) in [5, 5.41) is 9.32. The lowest BCUT2D eigenvalue weighted by Gasteiger charge is -2.19. The van der Waals surface area contributed by atoms with Crippen LogP contribution in [0.15, 0.2) is 0 Å². The van der Waals surface area contributed by atoms with Gasteiger partial charge in [0.25, 0.3) is 0 Å². The molecule has 1 rings (SSSR count). The van der Waals surface area contributed by atoms with Crippen molar-refractivity contribution in [3.05, 3.63) is 0 Å². The van der Waals surface area contributed by atoms with Crippen LogP contribution in [0.1, 0.15) is 45.4 Å². The number of rotatable bonds is 7. The van der Waals surface area contributed by atoms with E-state index in [1.54, 1.807) is 0 Å². The molecule has 1 heterocycles. The molecular weight excluding hydrogens is 224 g/mol. The Morgan fingerprint density at radius 3 is 2.56 bits per heavy atom. The standard InChI is InChI=1S/C12H24O3S/c1-2-3-4-5-6-11(9-13)12-7-8-16(14,15)10-12/h11-13H,2-10H2,1H3. The lowest BCUT2D eigenvalue weighted by atomic mass is 9.88. The van der Waals surface area contributed by atoms with Crippen LogP contribution in [0.25, 0.3) is 0 Å². The maximum atomic E-state index is 11.4. The Hall–Kier alpha value is -0.0900. The van der Waals surface area contributed by atoms with E-state index in [4.69, 9.17) is 0 Å². The van der Waals surface area contributed by atoms with Crippen LogP contribution in [-0.2, 0) is 9.84 Å².